The number of hydrogen-bond acceptors (Lipinski definition) is 6. The highest BCUT2D eigenvalue weighted by Crippen LogP contribution is 2.38. The summed E-state index contributed by atoms with van der Waals surface area (Å²) in [6.07, 6.45) is 3.81. The van der Waals surface area contributed by atoms with Gasteiger partial charge >= 0.3 is 5.97 Å². The number of methoxy groups -OCH3 is 1. The lowest BCUT2D eigenvalue weighted by Gasteiger charge is -2.25. The molecule has 6 heteroatoms. The molecule has 1 fully saturated rings. The minimum absolute atomic E-state index is 0.00822. The molecule has 0 spiro atoms. The zero-order chi connectivity index (χ0) is 11.5. The summed E-state index contributed by atoms with van der Waals surface area (Å²) in [5, 5.41) is 9.31. The van der Waals surface area contributed by atoms with E-state index in [2.05, 4.69) is 10.2 Å². The topological polar surface area (TPSA) is 78.1 Å². The third kappa shape index (κ3) is 2.32. The monoisotopic (exact) mass is 241 g/mol. The van der Waals surface area contributed by atoms with Crippen LogP contribution in [0.1, 0.15) is 36.6 Å². The van der Waals surface area contributed by atoms with Gasteiger partial charge in [0.05, 0.1) is 13.0 Å². The molecule has 0 radical (unpaired) electrons. The van der Waals surface area contributed by atoms with Crippen LogP contribution < -0.4 is 5.73 Å². The lowest BCUT2D eigenvalue weighted by Crippen LogP contribution is -2.23. The zero-order valence-electron chi connectivity index (χ0n) is 9.18. The van der Waals surface area contributed by atoms with E-state index in [1.165, 1.54) is 18.4 Å². The van der Waals surface area contributed by atoms with Crippen LogP contribution in [0.15, 0.2) is 0 Å². The second-order valence-corrected chi connectivity index (χ2v) is 5.10. The molecule has 0 amide bonds. The van der Waals surface area contributed by atoms with Crippen molar-refractivity contribution in [3.05, 3.63) is 5.01 Å². The van der Waals surface area contributed by atoms with Crippen molar-refractivity contribution < 1.29 is 9.53 Å². The number of esters is 1. The van der Waals surface area contributed by atoms with Crippen molar-refractivity contribution >= 4 is 22.4 Å². The molecule has 2 N–H and O–H groups in total. The Morgan fingerprint density at radius 3 is 2.94 bits per heavy atom. The molecule has 0 unspecified atom stereocenters. The lowest BCUT2D eigenvalue weighted by molar-refractivity contribution is -0.146. The van der Waals surface area contributed by atoms with E-state index in [4.69, 9.17) is 10.5 Å². The molecule has 1 aromatic heterocycles. The van der Waals surface area contributed by atoms with Gasteiger partial charge in [-0.25, -0.2) is 0 Å². The summed E-state index contributed by atoms with van der Waals surface area (Å²) in [6.45, 7) is 0. The Kier molecular flexibility index (Phi) is 3.38. The SMILES string of the molecule is COC(=O)[C@H]1CCC[C@H](c2nnc(N)s2)C1. The first-order valence-electron chi connectivity index (χ1n) is 5.37. The van der Waals surface area contributed by atoms with Crippen LogP contribution in [0.2, 0.25) is 0 Å². The van der Waals surface area contributed by atoms with Gasteiger partial charge in [0.1, 0.15) is 5.01 Å². The van der Waals surface area contributed by atoms with Crippen LogP contribution in [0.3, 0.4) is 0 Å². The number of hydrogen-bond donors (Lipinski definition) is 1. The highest BCUT2D eigenvalue weighted by Gasteiger charge is 2.30. The number of ether oxygens (including phenoxy) is 1. The summed E-state index contributed by atoms with van der Waals surface area (Å²) in [4.78, 5) is 11.5. The smallest absolute Gasteiger partial charge is 0.308 e. The fourth-order valence-corrected chi connectivity index (χ4v) is 2.96. The average molecular weight is 241 g/mol. The third-order valence-corrected chi connectivity index (χ3v) is 3.93. The molecule has 88 valence electrons. The van der Waals surface area contributed by atoms with E-state index in [9.17, 15) is 4.79 Å². The van der Waals surface area contributed by atoms with Crippen LogP contribution in [0, 0.1) is 5.92 Å². The fourth-order valence-electron chi connectivity index (χ4n) is 2.21. The standard InChI is InChI=1S/C10H15N3O2S/c1-15-9(14)7-4-2-3-6(5-7)8-12-13-10(11)16-8/h6-7H,2-5H2,1H3,(H2,11,13)/t6-,7-/m0/s1. The highest BCUT2D eigenvalue weighted by atomic mass is 32.1. The van der Waals surface area contributed by atoms with Gasteiger partial charge in [-0.1, -0.05) is 17.8 Å². The van der Waals surface area contributed by atoms with Crippen LogP contribution in [-0.4, -0.2) is 23.3 Å². The van der Waals surface area contributed by atoms with Crippen LogP contribution in [0.25, 0.3) is 0 Å². The zero-order valence-corrected chi connectivity index (χ0v) is 10.00. The van der Waals surface area contributed by atoms with E-state index in [1.807, 2.05) is 0 Å². The molecule has 1 aromatic rings. The maximum Gasteiger partial charge on any atom is 0.308 e. The molecule has 2 atom stereocenters. The van der Waals surface area contributed by atoms with Gasteiger partial charge < -0.3 is 10.5 Å². The Morgan fingerprint density at radius 1 is 1.50 bits per heavy atom. The normalized spacial score (nSPS) is 25.3. The van der Waals surface area contributed by atoms with Crippen LogP contribution in [0.4, 0.5) is 5.13 Å². The Morgan fingerprint density at radius 2 is 2.31 bits per heavy atom. The van der Waals surface area contributed by atoms with E-state index in [0.717, 1.165) is 30.7 Å². The Bertz CT molecular complexity index is 380. The molecule has 0 aliphatic heterocycles. The Balaban J connectivity index is 2.04. The van der Waals surface area contributed by atoms with Crippen LogP contribution in [-0.2, 0) is 9.53 Å². The van der Waals surface area contributed by atoms with E-state index in [1.54, 1.807) is 0 Å². The van der Waals surface area contributed by atoms with Crippen molar-refractivity contribution in [2.24, 2.45) is 5.92 Å². The first-order valence-corrected chi connectivity index (χ1v) is 6.19. The maximum atomic E-state index is 11.5. The molecule has 1 saturated carbocycles. The predicted molar refractivity (Wildman–Crippen MR) is 61.0 cm³/mol. The van der Waals surface area contributed by atoms with Gasteiger partial charge in [-0.3, -0.25) is 4.79 Å². The van der Waals surface area contributed by atoms with E-state index < -0.39 is 0 Å². The molecule has 16 heavy (non-hydrogen) atoms. The summed E-state index contributed by atoms with van der Waals surface area (Å²) >= 11 is 1.42. The lowest BCUT2D eigenvalue weighted by atomic mass is 9.82. The van der Waals surface area contributed by atoms with Gasteiger partial charge in [0.15, 0.2) is 0 Å². The van der Waals surface area contributed by atoms with Gasteiger partial charge in [-0.2, -0.15) is 0 Å². The van der Waals surface area contributed by atoms with Crippen molar-refractivity contribution in [1.29, 1.82) is 0 Å². The highest BCUT2D eigenvalue weighted by molar-refractivity contribution is 7.15. The molecular weight excluding hydrogens is 226 g/mol. The predicted octanol–water partition coefficient (Wildman–Crippen LogP) is 1.57. The van der Waals surface area contributed by atoms with Crippen molar-refractivity contribution in [1.82, 2.24) is 10.2 Å². The summed E-state index contributed by atoms with van der Waals surface area (Å²) in [6, 6.07) is 0. The number of carbonyl (C=O) groups excluding carboxylic acids is 1. The molecule has 5 nitrogen and oxygen atoms in total. The molecule has 0 bridgehead atoms. The van der Waals surface area contributed by atoms with E-state index >= 15 is 0 Å². The molecular formula is C10H15N3O2S. The molecule has 1 aliphatic carbocycles. The van der Waals surface area contributed by atoms with Crippen LogP contribution >= 0.6 is 11.3 Å². The second kappa shape index (κ2) is 4.78. The molecule has 1 aliphatic rings. The number of nitrogen functional groups attached to an aromatic ring is 1. The van der Waals surface area contributed by atoms with Gasteiger partial charge in [-0.15, -0.1) is 10.2 Å². The Hall–Kier alpha value is -1.17. The second-order valence-electron chi connectivity index (χ2n) is 4.06. The fraction of sp³-hybridized carbons (Fsp3) is 0.700. The summed E-state index contributed by atoms with van der Waals surface area (Å²) < 4.78 is 4.78. The van der Waals surface area contributed by atoms with Crippen molar-refractivity contribution in [2.45, 2.75) is 31.6 Å². The first kappa shape index (κ1) is 11.3. The number of nitrogens with zero attached hydrogens (tertiary/aromatic N) is 2. The average Bonchev–Trinajstić information content (AvgIpc) is 2.75. The van der Waals surface area contributed by atoms with Gasteiger partial charge in [0.2, 0.25) is 5.13 Å². The van der Waals surface area contributed by atoms with E-state index in [0.29, 0.717) is 11.0 Å². The minimum Gasteiger partial charge on any atom is -0.469 e. The Labute approximate surface area is 98.0 Å². The third-order valence-electron chi connectivity index (χ3n) is 3.01. The van der Waals surface area contributed by atoms with Gasteiger partial charge in [0.25, 0.3) is 0 Å². The van der Waals surface area contributed by atoms with Gasteiger partial charge in [-0.05, 0) is 19.3 Å². The number of nitrogens with two attached hydrogens (primary N) is 1. The maximum absolute atomic E-state index is 11.5. The molecule has 2 rings (SSSR count). The van der Waals surface area contributed by atoms with Crippen molar-refractivity contribution in [2.75, 3.05) is 12.8 Å². The number of anilines is 1. The molecule has 0 aromatic carbocycles. The quantitative estimate of drug-likeness (QED) is 0.795. The first-order chi connectivity index (χ1) is 7.70. The molecule has 0 saturated heterocycles. The van der Waals surface area contributed by atoms with Gasteiger partial charge in [0, 0.05) is 5.92 Å². The number of aromatic nitrogens is 2. The summed E-state index contributed by atoms with van der Waals surface area (Å²) in [7, 11) is 1.44. The van der Waals surface area contributed by atoms with Crippen molar-refractivity contribution in [3.63, 3.8) is 0 Å². The summed E-state index contributed by atoms with van der Waals surface area (Å²) in [5.74, 6) is 0.212. The molecule has 1 heterocycles. The largest absolute Gasteiger partial charge is 0.469 e. The number of carbonyl (C=O) groups is 1. The van der Waals surface area contributed by atoms with Crippen molar-refractivity contribution in [3.8, 4) is 0 Å². The van der Waals surface area contributed by atoms with Crippen LogP contribution in [0.5, 0.6) is 0 Å². The summed E-state index contributed by atoms with van der Waals surface area (Å²) in [5.41, 5.74) is 5.56. The number of rotatable bonds is 2. The minimum atomic E-state index is -0.109. The van der Waals surface area contributed by atoms with E-state index in [-0.39, 0.29) is 11.9 Å².